The highest BCUT2D eigenvalue weighted by Gasteiger charge is 2.28. The van der Waals surface area contributed by atoms with Gasteiger partial charge >= 0.3 is 0 Å². The minimum atomic E-state index is 0.167. The third-order valence-electron chi connectivity index (χ3n) is 5.77. The van der Waals surface area contributed by atoms with Crippen LogP contribution >= 0.6 is 0 Å². The van der Waals surface area contributed by atoms with Gasteiger partial charge in [0, 0.05) is 44.1 Å². The second-order valence-electron chi connectivity index (χ2n) is 7.85. The van der Waals surface area contributed by atoms with Crippen molar-refractivity contribution in [2.24, 2.45) is 0 Å². The minimum Gasteiger partial charge on any atom is -0.352 e. The molecule has 27 heavy (non-hydrogen) atoms. The topological polar surface area (TPSA) is 78.7 Å². The van der Waals surface area contributed by atoms with Crippen LogP contribution in [0.5, 0.6) is 0 Å². The van der Waals surface area contributed by atoms with Gasteiger partial charge < -0.3 is 10.2 Å². The molecule has 1 amide bonds. The van der Waals surface area contributed by atoms with Gasteiger partial charge in [-0.15, -0.1) is 10.2 Å². The quantitative estimate of drug-likeness (QED) is 0.820. The van der Waals surface area contributed by atoms with Gasteiger partial charge in [-0.2, -0.15) is 0 Å². The molecule has 2 aliphatic rings. The molecule has 1 atom stereocenters. The average molecular weight is 371 g/mol. The van der Waals surface area contributed by atoms with Crippen LogP contribution in [0.2, 0.25) is 0 Å². The van der Waals surface area contributed by atoms with E-state index in [0.29, 0.717) is 12.6 Å². The van der Waals surface area contributed by atoms with Gasteiger partial charge in [-0.25, -0.2) is 4.98 Å². The standard InChI is InChI=1S/C19H29N7O/c1-15-12-24(13-17(27)22-16-6-4-2-3-5-7-16)10-11-26(15)18-19-23-21-14-25(19)9-8-20-18/h8-9,14-16H,2-7,10-13H2,1H3,(H,22,27)/t15-/m0/s1. The van der Waals surface area contributed by atoms with Gasteiger partial charge in [0.25, 0.3) is 0 Å². The SMILES string of the molecule is C[C@H]1CN(CC(=O)NC2CCCCCC2)CCN1c1nccn2cnnc12. The third kappa shape index (κ3) is 4.21. The fourth-order valence-electron chi connectivity index (χ4n) is 4.34. The normalized spacial score (nSPS) is 22.7. The van der Waals surface area contributed by atoms with Crippen molar-refractivity contribution in [2.45, 2.75) is 57.5 Å². The number of aromatic nitrogens is 4. The molecule has 0 unspecified atom stereocenters. The molecule has 2 aromatic rings. The molecule has 2 fully saturated rings. The number of nitrogens with one attached hydrogen (secondary N) is 1. The molecule has 2 aromatic heterocycles. The van der Waals surface area contributed by atoms with E-state index >= 15 is 0 Å². The first-order valence-corrected chi connectivity index (χ1v) is 10.1. The maximum Gasteiger partial charge on any atom is 0.234 e. The Labute approximate surface area is 160 Å². The Kier molecular flexibility index (Phi) is 5.52. The van der Waals surface area contributed by atoms with Crippen molar-refractivity contribution < 1.29 is 4.79 Å². The first-order valence-electron chi connectivity index (χ1n) is 10.1. The minimum absolute atomic E-state index is 0.167. The lowest BCUT2D eigenvalue weighted by Crippen LogP contribution is -2.54. The molecule has 0 spiro atoms. The van der Waals surface area contributed by atoms with Gasteiger partial charge in [0.15, 0.2) is 5.82 Å². The van der Waals surface area contributed by atoms with Gasteiger partial charge in [0.2, 0.25) is 11.6 Å². The van der Waals surface area contributed by atoms with E-state index in [2.05, 4.69) is 37.2 Å². The zero-order valence-electron chi connectivity index (χ0n) is 16.0. The van der Waals surface area contributed by atoms with Crippen LogP contribution in [0.15, 0.2) is 18.7 Å². The Morgan fingerprint density at radius 2 is 2.04 bits per heavy atom. The number of rotatable bonds is 4. The summed E-state index contributed by atoms with van der Waals surface area (Å²) in [5, 5.41) is 11.4. The van der Waals surface area contributed by atoms with Crippen LogP contribution in [-0.4, -0.2) is 68.7 Å². The molecule has 8 nitrogen and oxygen atoms in total. The van der Waals surface area contributed by atoms with Crippen molar-refractivity contribution in [3.8, 4) is 0 Å². The molecular weight excluding hydrogens is 342 g/mol. The van der Waals surface area contributed by atoms with E-state index in [9.17, 15) is 4.79 Å². The van der Waals surface area contributed by atoms with Crippen LogP contribution in [0, 0.1) is 0 Å². The fourth-order valence-corrected chi connectivity index (χ4v) is 4.34. The smallest absolute Gasteiger partial charge is 0.234 e. The molecule has 146 valence electrons. The highest BCUT2D eigenvalue weighted by Crippen LogP contribution is 2.22. The van der Waals surface area contributed by atoms with Crippen LogP contribution in [0.3, 0.4) is 0 Å². The maximum atomic E-state index is 12.5. The molecule has 1 saturated heterocycles. The Balaban J connectivity index is 1.33. The number of fused-ring (bicyclic) bond motifs is 1. The summed E-state index contributed by atoms with van der Waals surface area (Å²) in [6, 6.07) is 0.633. The van der Waals surface area contributed by atoms with E-state index in [4.69, 9.17) is 0 Å². The zero-order chi connectivity index (χ0) is 18.6. The monoisotopic (exact) mass is 371 g/mol. The summed E-state index contributed by atoms with van der Waals surface area (Å²) >= 11 is 0. The Morgan fingerprint density at radius 1 is 1.22 bits per heavy atom. The van der Waals surface area contributed by atoms with Crippen LogP contribution in [0.4, 0.5) is 5.82 Å². The van der Waals surface area contributed by atoms with Gasteiger partial charge in [-0.3, -0.25) is 14.1 Å². The number of nitrogens with zero attached hydrogens (tertiary/aromatic N) is 6. The predicted octanol–water partition coefficient (Wildman–Crippen LogP) is 1.47. The summed E-state index contributed by atoms with van der Waals surface area (Å²) in [5.74, 6) is 1.03. The highest BCUT2D eigenvalue weighted by atomic mass is 16.2. The number of carbonyl (C=O) groups is 1. The molecule has 1 saturated carbocycles. The van der Waals surface area contributed by atoms with Crippen molar-refractivity contribution in [1.29, 1.82) is 0 Å². The first-order chi connectivity index (χ1) is 13.2. The lowest BCUT2D eigenvalue weighted by Gasteiger charge is -2.40. The van der Waals surface area contributed by atoms with Crippen LogP contribution in [0.25, 0.3) is 5.65 Å². The number of amides is 1. The third-order valence-corrected chi connectivity index (χ3v) is 5.77. The average Bonchev–Trinajstić information content (AvgIpc) is 2.99. The molecular formula is C19H29N7O. The van der Waals surface area contributed by atoms with Gasteiger partial charge in [0.1, 0.15) is 6.33 Å². The van der Waals surface area contributed by atoms with E-state index in [-0.39, 0.29) is 11.9 Å². The van der Waals surface area contributed by atoms with Gasteiger partial charge in [0.05, 0.1) is 6.54 Å². The summed E-state index contributed by atoms with van der Waals surface area (Å²) in [7, 11) is 0. The van der Waals surface area contributed by atoms with Gasteiger partial charge in [-0.1, -0.05) is 25.7 Å². The molecule has 1 aliphatic heterocycles. The second-order valence-corrected chi connectivity index (χ2v) is 7.85. The summed E-state index contributed by atoms with van der Waals surface area (Å²) < 4.78 is 1.89. The molecule has 8 heteroatoms. The molecule has 1 aliphatic carbocycles. The van der Waals surface area contributed by atoms with E-state index in [0.717, 1.165) is 43.9 Å². The van der Waals surface area contributed by atoms with Crippen LogP contribution < -0.4 is 10.2 Å². The summed E-state index contributed by atoms with van der Waals surface area (Å²) in [4.78, 5) is 21.5. The largest absolute Gasteiger partial charge is 0.352 e. The van der Waals surface area contributed by atoms with E-state index in [1.807, 2.05) is 10.6 Å². The number of carbonyl (C=O) groups excluding carboxylic acids is 1. The van der Waals surface area contributed by atoms with Crippen molar-refractivity contribution in [3.63, 3.8) is 0 Å². The highest BCUT2D eigenvalue weighted by molar-refractivity contribution is 5.78. The van der Waals surface area contributed by atoms with E-state index in [1.54, 1.807) is 12.5 Å². The number of anilines is 1. The van der Waals surface area contributed by atoms with E-state index in [1.165, 1.54) is 25.7 Å². The lowest BCUT2D eigenvalue weighted by molar-refractivity contribution is -0.123. The van der Waals surface area contributed by atoms with Crippen molar-refractivity contribution in [2.75, 3.05) is 31.1 Å². The lowest BCUT2D eigenvalue weighted by atomic mass is 10.1. The van der Waals surface area contributed by atoms with Gasteiger partial charge in [-0.05, 0) is 19.8 Å². The van der Waals surface area contributed by atoms with Crippen molar-refractivity contribution >= 4 is 17.4 Å². The summed E-state index contributed by atoms with van der Waals surface area (Å²) in [6.07, 6.45) is 12.7. The van der Waals surface area contributed by atoms with E-state index < -0.39 is 0 Å². The molecule has 0 bridgehead atoms. The number of hydrogen-bond donors (Lipinski definition) is 1. The maximum absolute atomic E-state index is 12.5. The predicted molar refractivity (Wildman–Crippen MR) is 104 cm³/mol. The molecule has 4 rings (SSSR count). The number of hydrogen-bond acceptors (Lipinski definition) is 6. The Bertz CT molecular complexity index is 768. The molecule has 3 heterocycles. The van der Waals surface area contributed by atoms with Crippen LogP contribution in [-0.2, 0) is 4.79 Å². The Morgan fingerprint density at radius 3 is 2.81 bits per heavy atom. The first kappa shape index (κ1) is 18.2. The van der Waals surface area contributed by atoms with Crippen LogP contribution in [0.1, 0.15) is 45.4 Å². The Hall–Kier alpha value is -2.22. The van der Waals surface area contributed by atoms with Crippen molar-refractivity contribution in [1.82, 2.24) is 29.8 Å². The summed E-state index contributed by atoms with van der Waals surface area (Å²) in [6.45, 7) is 5.18. The number of piperazine rings is 1. The molecule has 0 aromatic carbocycles. The summed E-state index contributed by atoms with van der Waals surface area (Å²) in [5.41, 5.74) is 0.781. The fraction of sp³-hybridized carbons (Fsp3) is 0.684. The molecule has 1 N–H and O–H groups in total. The molecule has 0 radical (unpaired) electrons. The second kappa shape index (κ2) is 8.21. The van der Waals surface area contributed by atoms with Crippen molar-refractivity contribution in [3.05, 3.63) is 18.7 Å². The zero-order valence-corrected chi connectivity index (χ0v) is 16.0.